The van der Waals surface area contributed by atoms with Gasteiger partial charge in [-0.3, -0.25) is 9.59 Å². The largest absolute Gasteiger partial charge is 0.483 e. The Bertz CT molecular complexity index is 1270. The summed E-state index contributed by atoms with van der Waals surface area (Å²) in [6, 6.07) is 9.03. The van der Waals surface area contributed by atoms with Crippen molar-refractivity contribution in [1.82, 2.24) is 0 Å². The van der Waals surface area contributed by atoms with E-state index in [0.29, 0.717) is 11.3 Å². The first kappa shape index (κ1) is 20.6. The lowest BCUT2D eigenvalue weighted by Crippen LogP contribution is -2.30. The average Bonchev–Trinajstić information content (AvgIpc) is 2.68. The SMILES string of the molecule is Cc1ccc(S(=O)(=O)OC2=C(Br)C(=O)c3c(ccc4c3C=CC(C)(C)O4)C2=O)cc1. The Morgan fingerprint density at radius 2 is 1.67 bits per heavy atom. The van der Waals surface area contributed by atoms with E-state index in [4.69, 9.17) is 8.92 Å². The molecule has 2 aromatic rings. The molecule has 0 saturated carbocycles. The highest BCUT2D eigenvalue weighted by Crippen LogP contribution is 2.40. The average molecular weight is 489 g/mol. The topological polar surface area (TPSA) is 86.7 Å². The van der Waals surface area contributed by atoms with Gasteiger partial charge in [-0.1, -0.05) is 23.8 Å². The molecular formula is C22H17BrO6S. The van der Waals surface area contributed by atoms with Gasteiger partial charge in [0.1, 0.15) is 20.7 Å². The van der Waals surface area contributed by atoms with Crippen LogP contribution >= 0.6 is 15.9 Å². The van der Waals surface area contributed by atoms with Gasteiger partial charge in [0.25, 0.3) is 0 Å². The fourth-order valence-corrected chi connectivity index (χ4v) is 4.77. The third kappa shape index (κ3) is 3.40. The lowest BCUT2D eigenvalue weighted by atomic mass is 9.87. The normalized spacial score (nSPS) is 17.3. The molecule has 0 unspecified atom stereocenters. The number of halogens is 1. The van der Waals surface area contributed by atoms with E-state index >= 15 is 0 Å². The highest BCUT2D eigenvalue weighted by atomic mass is 79.9. The molecule has 0 fully saturated rings. The zero-order valence-electron chi connectivity index (χ0n) is 16.4. The number of ether oxygens (including phenoxy) is 1. The molecule has 1 aliphatic heterocycles. The zero-order chi connectivity index (χ0) is 21.8. The first-order valence-corrected chi connectivity index (χ1v) is 11.3. The fraction of sp³-hybridized carbons (Fsp3) is 0.182. The molecule has 0 amide bonds. The number of carbonyl (C=O) groups is 2. The summed E-state index contributed by atoms with van der Waals surface area (Å²) in [7, 11) is -4.30. The molecule has 2 aromatic carbocycles. The predicted octanol–water partition coefficient (Wildman–Crippen LogP) is 4.57. The Morgan fingerprint density at radius 1 is 1.00 bits per heavy atom. The Labute approximate surface area is 182 Å². The van der Waals surface area contributed by atoms with Gasteiger partial charge in [-0.05, 0) is 67.0 Å². The summed E-state index contributed by atoms with van der Waals surface area (Å²) in [5.41, 5.74) is 1.00. The van der Waals surface area contributed by atoms with Crippen LogP contribution in [0.2, 0.25) is 0 Å². The van der Waals surface area contributed by atoms with Crippen molar-refractivity contribution in [2.45, 2.75) is 31.3 Å². The summed E-state index contributed by atoms with van der Waals surface area (Å²) >= 11 is 3.07. The third-order valence-corrected chi connectivity index (χ3v) is 6.77. The number of carbonyl (C=O) groups excluding carboxylic acids is 2. The van der Waals surface area contributed by atoms with Crippen LogP contribution in [0, 0.1) is 6.92 Å². The fourth-order valence-electron chi connectivity index (χ4n) is 3.26. The third-order valence-electron chi connectivity index (χ3n) is 4.81. The van der Waals surface area contributed by atoms with E-state index in [1.54, 1.807) is 30.4 Å². The van der Waals surface area contributed by atoms with Gasteiger partial charge in [0, 0.05) is 16.7 Å². The molecule has 1 aliphatic carbocycles. The monoisotopic (exact) mass is 488 g/mol. The summed E-state index contributed by atoms with van der Waals surface area (Å²) in [5.74, 6) is -1.34. The lowest BCUT2D eigenvalue weighted by Gasteiger charge is -2.30. The van der Waals surface area contributed by atoms with Crippen LogP contribution in [0.3, 0.4) is 0 Å². The quantitative estimate of drug-likeness (QED) is 0.588. The van der Waals surface area contributed by atoms with Crippen LogP contribution in [0.4, 0.5) is 0 Å². The van der Waals surface area contributed by atoms with E-state index in [1.807, 2.05) is 20.8 Å². The van der Waals surface area contributed by atoms with Gasteiger partial charge in [-0.15, -0.1) is 0 Å². The summed E-state index contributed by atoms with van der Waals surface area (Å²) in [4.78, 5) is 26.0. The molecule has 0 spiro atoms. The van der Waals surface area contributed by atoms with Crippen molar-refractivity contribution in [2.24, 2.45) is 0 Å². The van der Waals surface area contributed by atoms with Crippen molar-refractivity contribution < 1.29 is 26.9 Å². The van der Waals surface area contributed by atoms with E-state index in [1.165, 1.54) is 18.2 Å². The minimum Gasteiger partial charge on any atom is -0.483 e. The maximum Gasteiger partial charge on any atom is 0.339 e. The second kappa shape index (κ2) is 6.92. The van der Waals surface area contributed by atoms with Crippen molar-refractivity contribution >= 4 is 43.7 Å². The molecule has 0 saturated heterocycles. The number of fused-ring (bicyclic) bond motifs is 3. The van der Waals surface area contributed by atoms with Crippen LogP contribution in [-0.2, 0) is 14.3 Å². The Morgan fingerprint density at radius 3 is 2.33 bits per heavy atom. The number of aryl methyl sites for hydroxylation is 1. The maximum absolute atomic E-state index is 13.1. The Kier molecular flexibility index (Phi) is 4.74. The van der Waals surface area contributed by atoms with Crippen LogP contribution in [0.25, 0.3) is 6.08 Å². The van der Waals surface area contributed by atoms with Crippen molar-refractivity contribution in [3.63, 3.8) is 0 Å². The number of rotatable bonds is 3. The number of allylic oxidation sites excluding steroid dienone is 2. The second-order valence-corrected chi connectivity index (χ2v) is 9.93. The van der Waals surface area contributed by atoms with E-state index < -0.39 is 33.0 Å². The standard InChI is InChI=1S/C22H17BrO6S/c1-12-4-6-13(7-5-12)30(26,27)29-21-18(23)20(25)17-14-10-11-22(2,3)28-16(14)9-8-15(17)19(21)24/h4-11H,1-3H3. The molecule has 0 N–H and O–H groups in total. The molecule has 154 valence electrons. The highest BCUT2D eigenvalue weighted by Gasteiger charge is 2.38. The summed E-state index contributed by atoms with van der Waals surface area (Å²) in [6.45, 7) is 5.56. The molecule has 8 heteroatoms. The number of hydrogen-bond donors (Lipinski definition) is 0. The Balaban J connectivity index is 1.77. The molecule has 1 heterocycles. The van der Waals surface area contributed by atoms with Crippen LogP contribution < -0.4 is 4.74 Å². The molecule has 6 nitrogen and oxygen atoms in total. The molecule has 2 aliphatic rings. The van der Waals surface area contributed by atoms with Gasteiger partial charge in [-0.2, -0.15) is 8.42 Å². The van der Waals surface area contributed by atoms with Gasteiger partial charge in [0.15, 0.2) is 0 Å². The number of hydrogen-bond acceptors (Lipinski definition) is 6. The van der Waals surface area contributed by atoms with Gasteiger partial charge < -0.3 is 8.92 Å². The van der Waals surface area contributed by atoms with Crippen LogP contribution in [0.1, 0.15) is 45.7 Å². The molecule has 0 atom stereocenters. The smallest absolute Gasteiger partial charge is 0.339 e. The van der Waals surface area contributed by atoms with Crippen molar-refractivity contribution in [2.75, 3.05) is 0 Å². The van der Waals surface area contributed by atoms with Crippen LogP contribution in [0.15, 0.2) is 57.6 Å². The molecule has 4 rings (SSSR count). The second-order valence-electron chi connectivity index (χ2n) is 7.59. The Hall–Kier alpha value is -2.71. The molecule has 0 bridgehead atoms. The van der Waals surface area contributed by atoms with Crippen molar-refractivity contribution in [3.05, 3.63) is 75.0 Å². The predicted molar refractivity (Wildman–Crippen MR) is 114 cm³/mol. The van der Waals surface area contributed by atoms with Crippen molar-refractivity contribution in [3.8, 4) is 5.75 Å². The summed E-state index contributed by atoms with van der Waals surface area (Å²) < 4.78 is 36.0. The maximum atomic E-state index is 13.1. The minimum absolute atomic E-state index is 0.0593. The number of benzene rings is 2. The minimum atomic E-state index is -4.30. The van der Waals surface area contributed by atoms with Gasteiger partial charge in [0.2, 0.25) is 17.3 Å². The van der Waals surface area contributed by atoms with Gasteiger partial charge in [0.05, 0.1) is 0 Å². The van der Waals surface area contributed by atoms with E-state index in [-0.39, 0.29) is 20.5 Å². The molecule has 0 radical (unpaired) electrons. The highest BCUT2D eigenvalue weighted by molar-refractivity contribution is 9.12. The number of Topliss-reactive ketones (excluding diaryl/α,β-unsaturated/α-hetero) is 2. The van der Waals surface area contributed by atoms with E-state index in [0.717, 1.165) is 5.56 Å². The lowest BCUT2D eigenvalue weighted by molar-refractivity contribution is 0.0944. The van der Waals surface area contributed by atoms with E-state index in [2.05, 4.69) is 15.9 Å². The molecule has 0 aromatic heterocycles. The number of ketones is 2. The first-order chi connectivity index (χ1) is 14.0. The molecular weight excluding hydrogens is 472 g/mol. The first-order valence-electron chi connectivity index (χ1n) is 9.06. The van der Waals surface area contributed by atoms with Gasteiger partial charge >= 0.3 is 10.1 Å². The van der Waals surface area contributed by atoms with E-state index in [9.17, 15) is 18.0 Å². The summed E-state index contributed by atoms with van der Waals surface area (Å²) in [5, 5.41) is 0. The van der Waals surface area contributed by atoms with Crippen LogP contribution in [-0.4, -0.2) is 25.6 Å². The summed E-state index contributed by atoms with van der Waals surface area (Å²) in [6.07, 6.45) is 3.52. The molecule has 30 heavy (non-hydrogen) atoms. The zero-order valence-corrected chi connectivity index (χ0v) is 18.8. The van der Waals surface area contributed by atoms with Crippen LogP contribution in [0.5, 0.6) is 5.75 Å². The van der Waals surface area contributed by atoms with Crippen molar-refractivity contribution in [1.29, 1.82) is 0 Å². The van der Waals surface area contributed by atoms with Gasteiger partial charge in [-0.25, -0.2) is 0 Å².